The van der Waals surface area contributed by atoms with Crippen LogP contribution >= 0.6 is 0 Å². The van der Waals surface area contributed by atoms with Crippen molar-refractivity contribution in [3.63, 3.8) is 0 Å². The van der Waals surface area contributed by atoms with E-state index in [0.29, 0.717) is 5.56 Å². The molecule has 2 heteroatoms. The summed E-state index contributed by atoms with van der Waals surface area (Å²) in [6.07, 6.45) is 7.49. The van der Waals surface area contributed by atoms with Crippen LogP contribution in [0.4, 0.5) is 0 Å². The number of benzene rings is 1. The van der Waals surface area contributed by atoms with Crippen LogP contribution in [0.5, 0.6) is 0 Å². The average molecular weight is 216 g/mol. The number of ether oxygens (including phenoxy) is 1. The van der Waals surface area contributed by atoms with E-state index >= 15 is 0 Å². The van der Waals surface area contributed by atoms with Crippen molar-refractivity contribution >= 4 is 5.97 Å². The van der Waals surface area contributed by atoms with Gasteiger partial charge in [-0.05, 0) is 31.9 Å². The number of hydrogen-bond acceptors (Lipinski definition) is 2. The first kappa shape index (κ1) is 12.3. The molecule has 0 aliphatic rings. The lowest BCUT2D eigenvalue weighted by Crippen LogP contribution is -2.14. The van der Waals surface area contributed by atoms with E-state index in [9.17, 15) is 4.79 Å². The van der Waals surface area contributed by atoms with Crippen LogP contribution in [0.2, 0.25) is 0 Å². The highest BCUT2D eigenvalue weighted by atomic mass is 16.5. The minimum atomic E-state index is -0.270. The Bertz CT molecular complexity index is 362. The van der Waals surface area contributed by atoms with E-state index in [1.54, 1.807) is 12.1 Å². The minimum Gasteiger partial charge on any atom is -0.459 e. The van der Waals surface area contributed by atoms with E-state index in [0.717, 1.165) is 19.3 Å². The smallest absolute Gasteiger partial charge is 0.338 e. The third kappa shape index (κ3) is 4.18. The van der Waals surface area contributed by atoms with Crippen LogP contribution in [0.15, 0.2) is 30.3 Å². The Morgan fingerprint density at radius 2 is 2.12 bits per heavy atom. The van der Waals surface area contributed by atoms with Gasteiger partial charge in [-0.3, -0.25) is 0 Å². The summed E-state index contributed by atoms with van der Waals surface area (Å²) >= 11 is 0. The molecule has 0 N–H and O–H groups in total. The first-order valence-electron chi connectivity index (χ1n) is 5.43. The van der Waals surface area contributed by atoms with Crippen LogP contribution in [-0.4, -0.2) is 12.1 Å². The maximum Gasteiger partial charge on any atom is 0.338 e. The Morgan fingerprint density at radius 3 is 2.75 bits per heavy atom. The third-order valence-electron chi connectivity index (χ3n) is 2.25. The largest absolute Gasteiger partial charge is 0.459 e. The molecule has 0 saturated heterocycles. The molecule has 1 aromatic rings. The molecule has 0 bridgehead atoms. The second kappa shape index (κ2) is 6.68. The Hall–Kier alpha value is -1.75. The van der Waals surface area contributed by atoms with Crippen molar-refractivity contribution in [3.05, 3.63) is 35.9 Å². The minimum absolute atomic E-state index is 0.0824. The van der Waals surface area contributed by atoms with Crippen LogP contribution in [0.1, 0.15) is 36.5 Å². The molecule has 0 radical (unpaired) electrons. The van der Waals surface area contributed by atoms with Gasteiger partial charge in [0.15, 0.2) is 0 Å². The van der Waals surface area contributed by atoms with Crippen molar-refractivity contribution in [2.45, 2.75) is 32.3 Å². The summed E-state index contributed by atoms with van der Waals surface area (Å²) in [5.41, 5.74) is 0.589. The van der Waals surface area contributed by atoms with E-state index in [2.05, 4.69) is 5.92 Å². The molecule has 1 atom stereocenters. The molecule has 0 spiro atoms. The molecule has 0 aliphatic heterocycles. The zero-order valence-electron chi connectivity index (χ0n) is 9.48. The molecule has 0 unspecified atom stereocenters. The molecule has 16 heavy (non-hydrogen) atoms. The van der Waals surface area contributed by atoms with Crippen molar-refractivity contribution in [1.29, 1.82) is 0 Å². The Balaban J connectivity index is 2.37. The van der Waals surface area contributed by atoms with Gasteiger partial charge in [-0.25, -0.2) is 4.79 Å². The van der Waals surface area contributed by atoms with Gasteiger partial charge in [0.25, 0.3) is 0 Å². The zero-order chi connectivity index (χ0) is 11.8. The highest BCUT2D eigenvalue weighted by Gasteiger charge is 2.10. The average Bonchev–Trinajstić information content (AvgIpc) is 2.30. The number of terminal acetylenes is 1. The normalized spacial score (nSPS) is 11.5. The summed E-state index contributed by atoms with van der Waals surface area (Å²) in [6.45, 7) is 1.89. The number of carbonyl (C=O) groups is 1. The van der Waals surface area contributed by atoms with Crippen LogP contribution < -0.4 is 0 Å². The van der Waals surface area contributed by atoms with Crippen LogP contribution in [-0.2, 0) is 4.74 Å². The fourth-order valence-corrected chi connectivity index (χ4v) is 1.38. The molecule has 1 rings (SSSR count). The summed E-state index contributed by atoms with van der Waals surface area (Å²) in [6, 6.07) is 9.00. The highest BCUT2D eigenvalue weighted by molar-refractivity contribution is 5.89. The molecule has 1 aromatic carbocycles. The van der Waals surface area contributed by atoms with Gasteiger partial charge >= 0.3 is 5.97 Å². The molecular formula is C14H16O2. The number of carbonyl (C=O) groups excluding carboxylic acids is 1. The number of esters is 1. The van der Waals surface area contributed by atoms with Gasteiger partial charge in [-0.1, -0.05) is 18.2 Å². The third-order valence-corrected chi connectivity index (χ3v) is 2.25. The van der Waals surface area contributed by atoms with Crippen molar-refractivity contribution < 1.29 is 9.53 Å². The fraction of sp³-hybridized carbons (Fsp3) is 0.357. The first-order chi connectivity index (χ1) is 7.74. The van der Waals surface area contributed by atoms with Gasteiger partial charge in [0.1, 0.15) is 0 Å². The molecule has 0 aromatic heterocycles. The monoisotopic (exact) mass is 216 g/mol. The predicted octanol–water partition coefficient (Wildman–Crippen LogP) is 3.04. The number of hydrogen-bond donors (Lipinski definition) is 0. The van der Waals surface area contributed by atoms with Gasteiger partial charge in [0, 0.05) is 6.42 Å². The fourth-order valence-electron chi connectivity index (χ4n) is 1.38. The molecule has 0 saturated carbocycles. The molecule has 2 nitrogen and oxygen atoms in total. The quantitative estimate of drug-likeness (QED) is 0.429. The Kier molecular flexibility index (Phi) is 5.15. The summed E-state index contributed by atoms with van der Waals surface area (Å²) < 4.78 is 5.28. The first-order valence-corrected chi connectivity index (χ1v) is 5.43. The van der Waals surface area contributed by atoms with Gasteiger partial charge in [-0.15, -0.1) is 12.3 Å². The highest BCUT2D eigenvalue weighted by Crippen LogP contribution is 2.08. The summed E-state index contributed by atoms with van der Waals surface area (Å²) in [4.78, 5) is 11.6. The molecule has 0 aliphatic carbocycles. The topological polar surface area (TPSA) is 26.3 Å². The van der Waals surface area contributed by atoms with Gasteiger partial charge in [0.2, 0.25) is 0 Å². The van der Waals surface area contributed by atoms with Crippen molar-refractivity contribution in [3.8, 4) is 12.3 Å². The van der Waals surface area contributed by atoms with Crippen LogP contribution in [0.3, 0.4) is 0 Å². The summed E-state index contributed by atoms with van der Waals surface area (Å²) in [7, 11) is 0. The van der Waals surface area contributed by atoms with E-state index in [1.165, 1.54) is 0 Å². The number of rotatable bonds is 5. The van der Waals surface area contributed by atoms with Gasteiger partial charge in [0.05, 0.1) is 11.7 Å². The second-order valence-electron chi connectivity index (χ2n) is 3.68. The summed E-state index contributed by atoms with van der Waals surface area (Å²) in [5, 5.41) is 0. The van der Waals surface area contributed by atoms with Crippen LogP contribution in [0, 0.1) is 12.3 Å². The predicted molar refractivity (Wildman–Crippen MR) is 64.0 cm³/mol. The Labute approximate surface area is 96.6 Å². The van der Waals surface area contributed by atoms with E-state index < -0.39 is 0 Å². The van der Waals surface area contributed by atoms with Gasteiger partial charge in [-0.2, -0.15) is 0 Å². The van der Waals surface area contributed by atoms with Crippen molar-refractivity contribution in [2.75, 3.05) is 0 Å². The molecule has 0 fully saturated rings. The van der Waals surface area contributed by atoms with Crippen LogP contribution in [0.25, 0.3) is 0 Å². The lowest BCUT2D eigenvalue weighted by Gasteiger charge is -2.12. The van der Waals surface area contributed by atoms with Gasteiger partial charge < -0.3 is 4.74 Å². The number of unbranched alkanes of at least 4 members (excludes halogenated alkanes) is 1. The maximum absolute atomic E-state index is 11.6. The van der Waals surface area contributed by atoms with Crippen molar-refractivity contribution in [1.82, 2.24) is 0 Å². The molecule has 0 amide bonds. The van der Waals surface area contributed by atoms with E-state index in [4.69, 9.17) is 11.2 Å². The summed E-state index contributed by atoms with van der Waals surface area (Å²) in [5.74, 6) is 2.30. The lowest BCUT2D eigenvalue weighted by atomic mass is 10.2. The van der Waals surface area contributed by atoms with Crippen molar-refractivity contribution in [2.24, 2.45) is 0 Å². The SMILES string of the molecule is C#CCCC[C@H](C)OC(=O)c1ccccc1. The standard InChI is InChI=1S/C14H16O2/c1-3-4-6-9-12(2)16-14(15)13-10-7-5-8-11-13/h1,5,7-8,10-12H,4,6,9H2,2H3/t12-/m0/s1. The lowest BCUT2D eigenvalue weighted by molar-refractivity contribution is 0.0321. The Morgan fingerprint density at radius 1 is 1.44 bits per heavy atom. The molecular weight excluding hydrogens is 200 g/mol. The molecule has 84 valence electrons. The maximum atomic E-state index is 11.6. The molecule has 0 heterocycles. The van der Waals surface area contributed by atoms with E-state index in [1.807, 2.05) is 25.1 Å². The van der Waals surface area contributed by atoms with E-state index in [-0.39, 0.29) is 12.1 Å². The second-order valence-corrected chi connectivity index (χ2v) is 3.68. The zero-order valence-corrected chi connectivity index (χ0v) is 9.48.